The van der Waals surface area contributed by atoms with E-state index in [1.54, 1.807) is 13.0 Å². The number of carbonyl (C=O) groups is 1. The molecule has 0 aliphatic rings. The van der Waals surface area contributed by atoms with Crippen LogP contribution in [0.5, 0.6) is 0 Å². The highest BCUT2D eigenvalue weighted by molar-refractivity contribution is 9.11. The topological polar surface area (TPSA) is 81.0 Å². The Morgan fingerprint density at radius 1 is 1.62 bits per heavy atom. The van der Waals surface area contributed by atoms with Gasteiger partial charge in [-0.1, -0.05) is 6.92 Å². The highest BCUT2D eigenvalue weighted by Gasteiger charge is 2.13. The summed E-state index contributed by atoms with van der Waals surface area (Å²) in [5.74, 6) is -1.02. The van der Waals surface area contributed by atoms with E-state index in [0.717, 1.165) is 11.3 Å². The zero-order valence-electron chi connectivity index (χ0n) is 8.35. The van der Waals surface area contributed by atoms with E-state index in [2.05, 4.69) is 15.9 Å². The lowest BCUT2D eigenvalue weighted by Gasteiger charge is -2.06. The van der Waals surface area contributed by atoms with E-state index >= 15 is 0 Å². The van der Waals surface area contributed by atoms with Crippen LogP contribution in [0.2, 0.25) is 0 Å². The van der Waals surface area contributed by atoms with Crippen molar-refractivity contribution < 1.29 is 20.3 Å². The van der Waals surface area contributed by atoms with Gasteiger partial charge in [-0.3, -0.25) is 10.4 Å². The normalized spacial score (nSPS) is 11.6. The zero-order valence-corrected chi connectivity index (χ0v) is 10.7. The van der Waals surface area contributed by atoms with E-state index in [0.29, 0.717) is 15.8 Å². The molecule has 0 amide bonds. The van der Waals surface area contributed by atoms with Crippen molar-refractivity contribution in [1.82, 2.24) is 0 Å². The fourth-order valence-electron chi connectivity index (χ4n) is 1.13. The van der Waals surface area contributed by atoms with Crippen molar-refractivity contribution in [1.29, 1.82) is 0 Å². The standard InChI is InChI=1S/C9H10BrNO4S/c1-2-5(9(12)13)3-6-4-7(10)16-8(6)11(14)15/h3-4,14-15H,2H2,1H3,(H,12,13). The molecule has 1 rings (SSSR count). The van der Waals surface area contributed by atoms with Crippen LogP contribution in [0.1, 0.15) is 18.9 Å². The van der Waals surface area contributed by atoms with Crippen LogP contribution in [-0.2, 0) is 4.79 Å². The summed E-state index contributed by atoms with van der Waals surface area (Å²) in [7, 11) is 0. The van der Waals surface area contributed by atoms with Gasteiger partial charge in [0.05, 0.1) is 3.79 Å². The molecule has 0 saturated carbocycles. The van der Waals surface area contributed by atoms with Crippen molar-refractivity contribution in [2.75, 3.05) is 5.23 Å². The molecule has 5 nitrogen and oxygen atoms in total. The van der Waals surface area contributed by atoms with Crippen LogP contribution in [-0.4, -0.2) is 21.5 Å². The lowest BCUT2D eigenvalue weighted by atomic mass is 10.1. The lowest BCUT2D eigenvalue weighted by molar-refractivity contribution is -0.132. The minimum absolute atomic E-state index is 0.0175. The number of halogens is 1. The summed E-state index contributed by atoms with van der Waals surface area (Å²) in [4.78, 5) is 10.8. The van der Waals surface area contributed by atoms with Crippen LogP contribution in [0, 0.1) is 0 Å². The summed E-state index contributed by atoms with van der Waals surface area (Å²) in [6.45, 7) is 1.72. The summed E-state index contributed by atoms with van der Waals surface area (Å²) in [6, 6.07) is 1.62. The minimum atomic E-state index is -1.02. The average molecular weight is 308 g/mol. The van der Waals surface area contributed by atoms with Crippen molar-refractivity contribution in [3.05, 3.63) is 21.0 Å². The first kappa shape index (κ1) is 13.2. The number of carboxylic acid groups (broad SMARTS) is 1. The van der Waals surface area contributed by atoms with Crippen LogP contribution in [0.3, 0.4) is 0 Å². The van der Waals surface area contributed by atoms with E-state index in [4.69, 9.17) is 15.5 Å². The Hall–Kier alpha value is -0.890. The molecule has 1 aromatic rings. The lowest BCUT2D eigenvalue weighted by Crippen LogP contribution is -2.10. The molecule has 0 bridgehead atoms. The summed E-state index contributed by atoms with van der Waals surface area (Å²) < 4.78 is 0.683. The monoisotopic (exact) mass is 307 g/mol. The summed E-state index contributed by atoms with van der Waals surface area (Å²) >= 11 is 4.28. The SMILES string of the molecule is CCC(=Cc1cc(Br)sc1N(O)O)C(=O)O. The molecule has 0 aliphatic heterocycles. The Morgan fingerprint density at radius 2 is 2.25 bits per heavy atom. The molecular formula is C9H10BrNO4S. The van der Waals surface area contributed by atoms with E-state index in [1.165, 1.54) is 6.08 Å². The molecule has 88 valence electrons. The van der Waals surface area contributed by atoms with Gasteiger partial charge < -0.3 is 5.11 Å². The predicted octanol–water partition coefficient (Wildman–Crippen LogP) is 2.97. The summed E-state index contributed by atoms with van der Waals surface area (Å²) in [5, 5.41) is 26.9. The Labute approximate surface area is 104 Å². The van der Waals surface area contributed by atoms with Gasteiger partial charge in [0.1, 0.15) is 0 Å². The predicted molar refractivity (Wildman–Crippen MR) is 64.0 cm³/mol. The van der Waals surface area contributed by atoms with Crippen LogP contribution < -0.4 is 5.23 Å². The number of carboxylic acids is 1. The molecule has 0 saturated heterocycles. The second-order valence-electron chi connectivity index (χ2n) is 2.93. The molecular weight excluding hydrogens is 298 g/mol. The molecule has 0 aromatic carbocycles. The van der Waals surface area contributed by atoms with Crippen LogP contribution in [0.4, 0.5) is 5.00 Å². The number of hydrogen-bond donors (Lipinski definition) is 3. The zero-order chi connectivity index (χ0) is 12.3. The fourth-order valence-corrected chi connectivity index (χ4v) is 2.52. The second kappa shape index (κ2) is 5.44. The maximum atomic E-state index is 10.8. The van der Waals surface area contributed by atoms with E-state index < -0.39 is 5.97 Å². The van der Waals surface area contributed by atoms with Gasteiger partial charge in [0.25, 0.3) is 0 Å². The van der Waals surface area contributed by atoms with Gasteiger partial charge in [-0.25, -0.2) is 4.79 Å². The minimum Gasteiger partial charge on any atom is -0.478 e. The van der Waals surface area contributed by atoms with Gasteiger partial charge in [0.15, 0.2) is 5.00 Å². The Bertz CT molecular complexity index is 427. The van der Waals surface area contributed by atoms with E-state index in [1.807, 2.05) is 0 Å². The maximum Gasteiger partial charge on any atom is 0.331 e. The Morgan fingerprint density at radius 3 is 2.69 bits per heavy atom. The first-order valence-electron chi connectivity index (χ1n) is 4.36. The first-order chi connectivity index (χ1) is 7.45. The smallest absolute Gasteiger partial charge is 0.331 e. The molecule has 0 fully saturated rings. The van der Waals surface area contributed by atoms with Crippen molar-refractivity contribution >= 4 is 44.3 Å². The van der Waals surface area contributed by atoms with Gasteiger partial charge in [-0.2, -0.15) is 0 Å². The van der Waals surface area contributed by atoms with Crippen LogP contribution in [0.15, 0.2) is 15.4 Å². The van der Waals surface area contributed by atoms with Gasteiger partial charge in [-0.15, -0.1) is 16.6 Å². The molecule has 0 spiro atoms. The molecule has 0 aliphatic carbocycles. The summed E-state index contributed by atoms with van der Waals surface area (Å²) in [5.41, 5.74) is 0.648. The molecule has 16 heavy (non-hydrogen) atoms. The number of anilines is 1. The Balaban J connectivity index is 3.17. The largest absolute Gasteiger partial charge is 0.478 e. The quantitative estimate of drug-likeness (QED) is 0.588. The number of nitrogens with zero attached hydrogens (tertiary/aromatic N) is 1. The Kier molecular flexibility index (Phi) is 4.48. The molecule has 3 N–H and O–H groups in total. The maximum absolute atomic E-state index is 10.8. The first-order valence-corrected chi connectivity index (χ1v) is 5.97. The average Bonchev–Trinajstić information content (AvgIpc) is 2.55. The van der Waals surface area contributed by atoms with Gasteiger partial charge in [0, 0.05) is 11.1 Å². The third-order valence-corrected chi connectivity index (χ3v) is 3.50. The van der Waals surface area contributed by atoms with Gasteiger partial charge in [-0.05, 0) is 34.5 Å². The third-order valence-electron chi connectivity index (χ3n) is 1.88. The number of aliphatic carboxylic acids is 1. The van der Waals surface area contributed by atoms with Gasteiger partial charge in [0.2, 0.25) is 0 Å². The second-order valence-corrected chi connectivity index (χ2v) is 5.34. The third kappa shape index (κ3) is 3.05. The molecule has 1 aromatic heterocycles. The van der Waals surface area contributed by atoms with E-state index in [-0.39, 0.29) is 15.8 Å². The van der Waals surface area contributed by atoms with Crippen molar-refractivity contribution in [3.63, 3.8) is 0 Å². The molecule has 1 heterocycles. The van der Waals surface area contributed by atoms with Crippen LogP contribution >= 0.6 is 27.3 Å². The molecule has 0 unspecified atom stereocenters. The summed E-state index contributed by atoms with van der Waals surface area (Å²) in [6.07, 6.45) is 1.78. The van der Waals surface area contributed by atoms with Crippen molar-refractivity contribution in [2.24, 2.45) is 0 Å². The number of hydrogen-bond acceptors (Lipinski definition) is 5. The van der Waals surface area contributed by atoms with Crippen molar-refractivity contribution in [3.8, 4) is 0 Å². The highest BCUT2D eigenvalue weighted by Crippen LogP contribution is 2.35. The van der Waals surface area contributed by atoms with Gasteiger partial charge >= 0.3 is 5.97 Å². The van der Waals surface area contributed by atoms with Crippen molar-refractivity contribution in [2.45, 2.75) is 13.3 Å². The molecule has 0 radical (unpaired) electrons. The number of rotatable bonds is 4. The molecule has 0 atom stereocenters. The fraction of sp³-hybridized carbons (Fsp3) is 0.222. The molecule has 7 heteroatoms. The van der Waals surface area contributed by atoms with E-state index in [9.17, 15) is 4.79 Å². The number of thiophene rings is 1. The highest BCUT2D eigenvalue weighted by atomic mass is 79.9. The van der Waals surface area contributed by atoms with Crippen LogP contribution in [0.25, 0.3) is 6.08 Å².